The highest BCUT2D eigenvalue weighted by atomic mass is 32.2. The van der Waals surface area contributed by atoms with Gasteiger partial charge in [0.2, 0.25) is 15.9 Å². The molecule has 8 nitrogen and oxygen atoms in total. The summed E-state index contributed by atoms with van der Waals surface area (Å²) in [5.41, 5.74) is 0.640. The van der Waals surface area contributed by atoms with Crippen molar-refractivity contribution in [2.24, 2.45) is 0 Å². The van der Waals surface area contributed by atoms with Gasteiger partial charge >= 0.3 is 0 Å². The third-order valence-electron chi connectivity index (χ3n) is 5.56. The Morgan fingerprint density at radius 2 is 2.04 bits per heavy atom. The maximum absolute atomic E-state index is 13.3. The number of aromatic amines is 1. The highest BCUT2D eigenvalue weighted by Gasteiger charge is 2.40. The predicted octanol–water partition coefficient (Wildman–Crippen LogP) is 1.32. The molecule has 0 aliphatic carbocycles. The first-order valence-electron chi connectivity index (χ1n) is 8.87. The maximum Gasteiger partial charge on any atom is 0.243 e. The molecule has 2 aliphatic heterocycles. The van der Waals surface area contributed by atoms with Gasteiger partial charge in [-0.25, -0.2) is 13.4 Å². The normalized spacial score (nSPS) is 23.2. The molecule has 1 atom stereocenters. The molecule has 1 fully saturated rings. The van der Waals surface area contributed by atoms with E-state index in [0.29, 0.717) is 30.9 Å². The minimum Gasteiger partial charge on any atom is -0.347 e. The average molecular weight is 389 g/mol. The van der Waals surface area contributed by atoms with Gasteiger partial charge in [-0.1, -0.05) is 0 Å². The maximum atomic E-state index is 13.3. The molecule has 1 amide bonds. The number of hydrogen-bond acceptors (Lipinski definition) is 5. The zero-order valence-electron chi connectivity index (χ0n) is 15.6. The van der Waals surface area contributed by atoms with Crippen LogP contribution in [0.15, 0.2) is 35.5 Å². The van der Waals surface area contributed by atoms with Crippen LogP contribution in [0.25, 0.3) is 0 Å². The van der Waals surface area contributed by atoms with Gasteiger partial charge in [0.15, 0.2) is 0 Å². The number of fused-ring (bicyclic) bond motifs is 1. The van der Waals surface area contributed by atoms with E-state index in [9.17, 15) is 13.2 Å². The van der Waals surface area contributed by atoms with E-state index in [-0.39, 0.29) is 16.8 Å². The SMILES string of the molecule is CN1CCN(S(=O)(=O)c2ccc3c(c2)C(C)(C)C(=O)N3)CC1c1ncc[nH]1. The van der Waals surface area contributed by atoms with E-state index in [0.717, 1.165) is 5.82 Å². The van der Waals surface area contributed by atoms with Crippen LogP contribution in [-0.2, 0) is 20.2 Å². The number of anilines is 1. The zero-order valence-corrected chi connectivity index (χ0v) is 16.4. The fourth-order valence-electron chi connectivity index (χ4n) is 3.68. The molecule has 0 spiro atoms. The Morgan fingerprint density at radius 3 is 2.74 bits per heavy atom. The lowest BCUT2D eigenvalue weighted by Gasteiger charge is -2.37. The molecule has 1 saturated heterocycles. The summed E-state index contributed by atoms with van der Waals surface area (Å²) in [5.74, 6) is 0.631. The van der Waals surface area contributed by atoms with Crippen LogP contribution in [0.4, 0.5) is 5.69 Å². The van der Waals surface area contributed by atoms with Crippen LogP contribution in [0.5, 0.6) is 0 Å². The van der Waals surface area contributed by atoms with Gasteiger partial charge in [-0.3, -0.25) is 9.69 Å². The van der Waals surface area contributed by atoms with Crippen molar-refractivity contribution in [3.8, 4) is 0 Å². The number of H-pyrrole nitrogens is 1. The molecule has 2 N–H and O–H groups in total. The zero-order chi connectivity index (χ0) is 19.4. The lowest BCUT2D eigenvalue weighted by atomic mass is 9.86. The number of nitrogens with one attached hydrogen (secondary N) is 2. The summed E-state index contributed by atoms with van der Waals surface area (Å²) in [6.45, 7) is 4.94. The molecule has 1 unspecified atom stereocenters. The fourth-order valence-corrected chi connectivity index (χ4v) is 5.15. The molecular formula is C18H23N5O3S. The van der Waals surface area contributed by atoms with Crippen molar-refractivity contribution in [1.82, 2.24) is 19.2 Å². The van der Waals surface area contributed by atoms with Crippen molar-refractivity contribution < 1.29 is 13.2 Å². The summed E-state index contributed by atoms with van der Waals surface area (Å²) in [6.07, 6.45) is 3.41. The summed E-state index contributed by atoms with van der Waals surface area (Å²) in [4.78, 5) is 21.8. The van der Waals surface area contributed by atoms with Crippen molar-refractivity contribution >= 4 is 21.6 Å². The minimum absolute atomic E-state index is 0.121. The Labute approximate surface area is 158 Å². The van der Waals surface area contributed by atoms with Gasteiger partial charge in [-0.2, -0.15) is 4.31 Å². The molecular weight excluding hydrogens is 366 g/mol. The van der Waals surface area contributed by atoms with Gasteiger partial charge in [-0.15, -0.1) is 0 Å². The van der Waals surface area contributed by atoms with Gasteiger partial charge < -0.3 is 10.3 Å². The molecule has 0 saturated carbocycles. The van der Waals surface area contributed by atoms with E-state index >= 15 is 0 Å². The van der Waals surface area contributed by atoms with Crippen LogP contribution in [0.3, 0.4) is 0 Å². The number of imidazole rings is 1. The number of aromatic nitrogens is 2. The lowest BCUT2D eigenvalue weighted by Crippen LogP contribution is -2.49. The highest BCUT2D eigenvalue weighted by Crippen LogP contribution is 2.39. The van der Waals surface area contributed by atoms with Gasteiger partial charge in [0.25, 0.3) is 0 Å². The summed E-state index contributed by atoms with van der Waals surface area (Å²) < 4.78 is 28.0. The van der Waals surface area contributed by atoms with E-state index in [4.69, 9.17) is 0 Å². The molecule has 9 heteroatoms. The van der Waals surface area contributed by atoms with E-state index in [1.54, 1.807) is 44.4 Å². The summed E-state index contributed by atoms with van der Waals surface area (Å²) in [6, 6.07) is 4.74. The van der Waals surface area contributed by atoms with E-state index in [2.05, 4.69) is 20.2 Å². The van der Waals surface area contributed by atoms with Crippen LogP contribution in [-0.4, -0.2) is 60.2 Å². The number of likely N-dealkylation sites (N-methyl/N-ethyl adjacent to an activating group) is 1. The van der Waals surface area contributed by atoms with Crippen molar-refractivity contribution in [2.75, 3.05) is 32.0 Å². The second-order valence-electron chi connectivity index (χ2n) is 7.62. The number of hydrogen-bond donors (Lipinski definition) is 2. The molecule has 0 radical (unpaired) electrons. The quantitative estimate of drug-likeness (QED) is 0.825. The third kappa shape index (κ3) is 2.86. The van der Waals surface area contributed by atoms with Crippen LogP contribution < -0.4 is 5.32 Å². The largest absolute Gasteiger partial charge is 0.347 e. The third-order valence-corrected chi connectivity index (χ3v) is 7.42. The number of rotatable bonds is 3. The standard InChI is InChI=1S/C18H23N5O3S/c1-18(2)13-10-12(4-5-14(13)21-17(18)24)27(25,26)23-9-8-22(3)15(11-23)16-19-6-7-20-16/h4-7,10,15H,8-9,11H2,1-3H3,(H,19,20)(H,21,24). The lowest BCUT2D eigenvalue weighted by molar-refractivity contribution is -0.119. The van der Waals surface area contributed by atoms with Crippen LogP contribution in [0.1, 0.15) is 31.3 Å². The first-order chi connectivity index (χ1) is 12.7. The first kappa shape index (κ1) is 18.1. The molecule has 2 aromatic rings. The first-order valence-corrected chi connectivity index (χ1v) is 10.3. The summed E-state index contributed by atoms with van der Waals surface area (Å²) >= 11 is 0. The molecule has 3 heterocycles. The number of benzene rings is 1. The smallest absolute Gasteiger partial charge is 0.243 e. The molecule has 4 rings (SSSR count). The Hall–Kier alpha value is -2.23. The van der Waals surface area contributed by atoms with E-state index in [1.807, 2.05) is 7.05 Å². The number of nitrogens with zero attached hydrogens (tertiary/aromatic N) is 3. The predicted molar refractivity (Wildman–Crippen MR) is 101 cm³/mol. The second kappa shape index (κ2) is 6.15. The number of carbonyl (C=O) groups excluding carboxylic acids is 1. The van der Waals surface area contributed by atoms with E-state index in [1.165, 1.54) is 4.31 Å². The molecule has 2 aliphatic rings. The van der Waals surface area contributed by atoms with Crippen LogP contribution >= 0.6 is 0 Å². The second-order valence-corrected chi connectivity index (χ2v) is 9.56. The molecule has 27 heavy (non-hydrogen) atoms. The summed E-state index contributed by atoms with van der Waals surface area (Å²) in [7, 11) is -1.71. The number of carbonyl (C=O) groups is 1. The Morgan fingerprint density at radius 1 is 1.26 bits per heavy atom. The molecule has 1 aromatic carbocycles. The Kier molecular flexibility index (Phi) is 4.13. The highest BCUT2D eigenvalue weighted by molar-refractivity contribution is 7.89. The Balaban J connectivity index is 1.66. The van der Waals surface area contributed by atoms with E-state index < -0.39 is 15.4 Å². The molecule has 144 valence electrons. The van der Waals surface area contributed by atoms with Gasteiger partial charge in [0.1, 0.15) is 5.82 Å². The van der Waals surface area contributed by atoms with Crippen molar-refractivity contribution in [3.05, 3.63) is 42.0 Å². The number of piperazine rings is 1. The minimum atomic E-state index is -3.67. The summed E-state index contributed by atoms with van der Waals surface area (Å²) in [5, 5.41) is 2.81. The van der Waals surface area contributed by atoms with Gasteiger partial charge in [0, 0.05) is 37.7 Å². The fraction of sp³-hybridized carbons (Fsp3) is 0.444. The topological polar surface area (TPSA) is 98.4 Å². The number of sulfonamides is 1. The monoisotopic (exact) mass is 389 g/mol. The number of amides is 1. The van der Waals surface area contributed by atoms with Crippen molar-refractivity contribution in [3.63, 3.8) is 0 Å². The average Bonchev–Trinajstić information content (AvgIpc) is 3.23. The molecule has 1 aromatic heterocycles. The van der Waals surface area contributed by atoms with Crippen molar-refractivity contribution in [2.45, 2.75) is 30.2 Å². The van der Waals surface area contributed by atoms with Gasteiger partial charge in [-0.05, 0) is 44.7 Å². The Bertz CT molecular complexity index is 984. The van der Waals surface area contributed by atoms with Gasteiger partial charge in [0.05, 0.1) is 16.4 Å². The van der Waals surface area contributed by atoms with Crippen LogP contribution in [0, 0.1) is 0 Å². The van der Waals surface area contributed by atoms with Crippen LogP contribution in [0.2, 0.25) is 0 Å². The molecule has 0 bridgehead atoms. The van der Waals surface area contributed by atoms with Crippen molar-refractivity contribution in [1.29, 1.82) is 0 Å².